The first-order valence-corrected chi connectivity index (χ1v) is 9.41. The van der Waals surface area contributed by atoms with Crippen molar-refractivity contribution in [1.29, 1.82) is 0 Å². The fourth-order valence-electron chi connectivity index (χ4n) is 4.29. The van der Waals surface area contributed by atoms with Crippen molar-refractivity contribution in [3.05, 3.63) is 58.7 Å². The van der Waals surface area contributed by atoms with E-state index in [1.807, 2.05) is 13.0 Å². The zero-order valence-electron chi connectivity index (χ0n) is 16.2. The van der Waals surface area contributed by atoms with Crippen LogP contribution in [0.3, 0.4) is 0 Å². The summed E-state index contributed by atoms with van der Waals surface area (Å²) in [5.74, 6) is 1.30. The normalized spacial score (nSPS) is 16.2. The minimum absolute atomic E-state index is 0.0226. The largest absolute Gasteiger partial charge is 0.496 e. The molecule has 0 N–H and O–H groups in total. The molecule has 0 atom stereocenters. The van der Waals surface area contributed by atoms with Crippen LogP contribution in [0.5, 0.6) is 11.5 Å². The van der Waals surface area contributed by atoms with Crippen molar-refractivity contribution in [2.24, 2.45) is 0 Å². The van der Waals surface area contributed by atoms with Crippen LogP contribution in [0.4, 0.5) is 0 Å². The Hall–Kier alpha value is -2.29. The number of aryl methyl sites for hydroxylation is 2. The Morgan fingerprint density at radius 2 is 1.42 bits per heavy atom. The highest BCUT2D eigenvalue weighted by Gasteiger charge is 2.36. The molecule has 3 rings (SSSR count). The zero-order valence-corrected chi connectivity index (χ0v) is 16.2. The van der Waals surface area contributed by atoms with Crippen molar-refractivity contribution in [1.82, 2.24) is 0 Å². The number of benzene rings is 2. The molecule has 0 amide bonds. The van der Waals surface area contributed by atoms with E-state index in [1.54, 1.807) is 7.11 Å². The van der Waals surface area contributed by atoms with E-state index in [9.17, 15) is 4.79 Å². The van der Waals surface area contributed by atoms with E-state index >= 15 is 0 Å². The van der Waals surface area contributed by atoms with E-state index < -0.39 is 0 Å². The number of hydrogen-bond donors (Lipinski definition) is 0. The zero-order chi connectivity index (χ0) is 18.7. The number of carbonyl (C=O) groups excluding carboxylic acids is 1. The number of carbonyl (C=O) groups is 1. The lowest BCUT2D eigenvalue weighted by Gasteiger charge is -2.39. The predicted molar refractivity (Wildman–Crippen MR) is 104 cm³/mol. The van der Waals surface area contributed by atoms with Gasteiger partial charge < -0.3 is 9.47 Å². The van der Waals surface area contributed by atoms with Gasteiger partial charge >= 0.3 is 5.97 Å². The first kappa shape index (κ1) is 18.5. The van der Waals surface area contributed by atoms with Gasteiger partial charge in [-0.3, -0.25) is 4.79 Å². The second kappa shape index (κ2) is 7.53. The van der Waals surface area contributed by atoms with Gasteiger partial charge in [-0.05, 0) is 61.1 Å². The molecular weight excluding hydrogens is 324 g/mol. The maximum Gasteiger partial charge on any atom is 0.308 e. The summed E-state index contributed by atoms with van der Waals surface area (Å²) in [5, 5.41) is 0. The Labute approximate surface area is 156 Å². The quantitative estimate of drug-likeness (QED) is 0.539. The van der Waals surface area contributed by atoms with Crippen molar-refractivity contribution in [3.8, 4) is 11.5 Å². The Kier molecular flexibility index (Phi) is 5.36. The Balaban J connectivity index is 2.07. The first-order valence-electron chi connectivity index (χ1n) is 9.41. The number of methoxy groups -OCH3 is 1. The van der Waals surface area contributed by atoms with Gasteiger partial charge in [0, 0.05) is 12.3 Å². The van der Waals surface area contributed by atoms with Gasteiger partial charge in [-0.15, -0.1) is 0 Å². The summed E-state index contributed by atoms with van der Waals surface area (Å²) in [6, 6.07) is 12.9. The Morgan fingerprint density at radius 3 is 1.88 bits per heavy atom. The molecule has 26 heavy (non-hydrogen) atoms. The van der Waals surface area contributed by atoms with E-state index in [-0.39, 0.29) is 11.4 Å². The lowest BCUT2D eigenvalue weighted by atomic mass is 9.65. The molecule has 2 aromatic carbocycles. The first-order chi connectivity index (χ1) is 12.5. The van der Waals surface area contributed by atoms with Crippen LogP contribution in [0.1, 0.15) is 61.3 Å². The molecule has 0 heterocycles. The highest BCUT2D eigenvalue weighted by atomic mass is 16.5. The van der Waals surface area contributed by atoms with Crippen molar-refractivity contribution < 1.29 is 14.3 Å². The molecule has 0 unspecified atom stereocenters. The molecular formula is C23H28O3. The maximum atomic E-state index is 11.3. The highest BCUT2D eigenvalue weighted by molar-refractivity contribution is 5.70. The fourth-order valence-corrected chi connectivity index (χ4v) is 4.29. The molecule has 0 bridgehead atoms. The lowest BCUT2D eigenvalue weighted by Crippen LogP contribution is -2.30. The van der Waals surface area contributed by atoms with Gasteiger partial charge in [0.2, 0.25) is 0 Å². The molecule has 0 radical (unpaired) electrons. The average molecular weight is 352 g/mol. The number of hydrogen-bond acceptors (Lipinski definition) is 3. The van der Waals surface area contributed by atoms with Gasteiger partial charge in [0.25, 0.3) is 0 Å². The van der Waals surface area contributed by atoms with Crippen LogP contribution in [0.2, 0.25) is 0 Å². The van der Waals surface area contributed by atoms with Crippen molar-refractivity contribution in [2.75, 3.05) is 7.11 Å². The number of esters is 1. The third-order valence-corrected chi connectivity index (χ3v) is 5.64. The molecule has 0 spiro atoms. The van der Waals surface area contributed by atoms with Gasteiger partial charge in [0.1, 0.15) is 11.5 Å². The molecule has 1 saturated carbocycles. The van der Waals surface area contributed by atoms with E-state index in [2.05, 4.69) is 37.3 Å². The summed E-state index contributed by atoms with van der Waals surface area (Å²) in [6.07, 6.45) is 6.04. The van der Waals surface area contributed by atoms with Crippen LogP contribution < -0.4 is 9.47 Å². The molecule has 2 aromatic rings. The predicted octanol–water partition coefficient (Wildman–Crippen LogP) is 5.49. The van der Waals surface area contributed by atoms with E-state index in [4.69, 9.17) is 9.47 Å². The van der Waals surface area contributed by atoms with Crippen LogP contribution in [0, 0.1) is 13.8 Å². The smallest absolute Gasteiger partial charge is 0.308 e. The third kappa shape index (κ3) is 3.48. The average Bonchev–Trinajstić information content (AvgIpc) is 2.63. The number of ether oxygens (including phenoxy) is 2. The molecule has 1 fully saturated rings. The van der Waals surface area contributed by atoms with Crippen molar-refractivity contribution in [3.63, 3.8) is 0 Å². The topological polar surface area (TPSA) is 35.5 Å². The fraction of sp³-hybridized carbons (Fsp3) is 0.435. The molecule has 0 aliphatic heterocycles. The summed E-state index contributed by atoms with van der Waals surface area (Å²) in [6.45, 7) is 5.56. The van der Waals surface area contributed by atoms with Gasteiger partial charge in [-0.25, -0.2) is 0 Å². The summed E-state index contributed by atoms with van der Waals surface area (Å²) in [5.41, 5.74) is 4.87. The summed E-state index contributed by atoms with van der Waals surface area (Å²) in [4.78, 5) is 11.3. The molecule has 3 heteroatoms. The van der Waals surface area contributed by atoms with Crippen LogP contribution >= 0.6 is 0 Å². The second-order valence-electron chi connectivity index (χ2n) is 7.40. The van der Waals surface area contributed by atoms with E-state index in [0.717, 1.165) is 24.2 Å². The highest BCUT2D eigenvalue weighted by Crippen LogP contribution is 2.46. The molecule has 3 nitrogen and oxygen atoms in total. The Bertz CT molecular complexity index is 801. The van der Waals surface area contributed by atoms with Gasteiger partial charge in [-0.1, -0.05) is 43.5 Å². The minimum Gasteiger partial charge on any atom is -0.496 e. The van der Waals surface area contributed by atoms with Gasteiger partial charge in [0.05, 0.1) is 7.11 Å². The molecule has 0 saturated heterocycles. The summed E-state index contributed by atoms with van der Waals surface area (Å²) in [7, 11) is 1.72. The van der Waals surface area contributed by atoms with Crippen LogP contribution in [-0.2, 0) is 10.2 Å². The minimum atomic E-state index is -0.279. The standard InChI is InChI=1S/C23H28O3/c1-16-14-19(8-10-21(16)25-4)23(12-6-5-7-13-23)20-9-11-22(17(2)15-20)26-18(3)24/h8-11,14-15H,5-7,12-13H2,1-4H3. The SMILES string of the molecule is COc1ccc(C2(c3ccc(OC(C)=O)c(C)c3)CCCCC2)cc1C. The van der Waals surface area contributed by atoms with Crippen molar-refractivity contribution >= 4 is 5.97 Å². The lowest BCUT2D eigenvalue weighted by molar-refractivity contribution is -0.131. The van der Waals surface area contributed by atoms with Crippen LogP contribution in [0.15, 0.2) is 36.4 Å². The molecule has 1 aliphatic carbocycles. The Morgan fingerprint density at radius 1 is 0.885 bits per heavy atom. The van der Waals surface area contributed by atoms with Crippen LogP contribution in [0.25, 0.3) is 0 Å². The van der Waals surface area contributed by atoms with Crippen LogP contribution in [-0.4, -0.2) is 13.1 Å². The van der Waals surface area contributed by atoms with E-state index in [1.165, 1.54) is 42.9 Å². The molecule has 0 aromatic heterocycles. The van der Waals surface area contributed by atoms with Gasteiger partial charge in [0.15, 0.2) is 0 Å². The maximum absolute atomic E-state index is 11.3. The second-order valence-corrected chi connectivity index (χ2v) is 7.40. The third-order valence-electron chi connectivity index (χ3n) is 5.64. The van der Waals surface area contributed by atoms with E-state index in [0.29, 0.717) is 5.75 Å². The summed E-state index contributed by atoms with van der Waals surface area (Å²) >= 11 is 0. The van der Waals surface area contributed by atoms with Gasteiger partial charge in [-0.2, -0.15) is 0 Å². The monoisotopic (exact) mass is 352 g/mol. The molecule has 138 valence electrons. The summed E-state index contributed by atoms with van der Waals surface area (Å²) < 4.78 is 10.8. The van der Waals surface area contributed by atoms with Crippen molar-refractivity contribution in [2.45, 2.75) is 58.3 Å². The number of rotatable bonds is 4. The molecule has 1 aliphatic rings.